The predicted octanol–water partition coefficient (Wildman–Crippen LogP) is 2.39. The van der Waals surface area contributed by atoms with Crippen LogP contribution in [0.5, 0.6) is 5.75 Å². The van der Waals surface area contributed by atoms with Crippen molar-refractivity contribution in [2.24, 2.45) is 0 Å². The van der Waals surface area contributed by atoms with Gasteiger partial charge in [-0.1, -0.05) is 30.3 Å². The number of methoxy groups -OCH3 is 1. The average molecular weight is 426 g/mol. The summed E-state index contributed by atoms with van der Waals surface area (Å²) in [5, 5.41) is 5.93. The quantitative estimate of drug-likeness (QED) is 0.645. The SMILES string of the molecule is COc1ccc(C(CNC(=O)CC(C)NC(=O)c2ccccc2)N2CCOCC2)cc1. The van der Waals surface area contributed by atoms with Crippen molar-refractivity contribution in [1.29, 1.82) is 0 Å². The molecule has 3 rings (SSSR count). The third-order valence-corrected chi connectivity index (χ3v) is 5.38. The molecule has 1 aliphatic rings. The van der Waals surface area contributed by atoms with Crippen LogP contribution in [0.3, 0.4) is 0 Å². The fraction of sp³-hybridized carbons (Fsp3) is 0.417. The molecule has 1 heterocycles. The lowest BCUT2D eigenvalue weighted by Gasteiger charge is -2.35. The highest BCUT2D eigenvalue weighted by Gasteiger charge is 2.23. The molecule has 1 saturated heterocycles. The number of hydrogen-bond acceptors (Lipinski definition) is 5. The summed E-state index contributed by atoms with van der Waals surface area (Å²) >= 11 is 0. The minimum atomic E-state index is -0.268. The van der Waals surface area contributed by atoms with Crippen LogP contribution in [-0.2, 0) is 9.53 Å². The van der Waals surface area contributed by atoms with Gasteiger partial charge in [0.1, 0.15) is 5.75 Å². The topological polar surface area (TPSA) is 79.9 Å². The Kier molecular flexibility index (Phi) is 8.44. The summed E-state index contributed by atoms with van der Waals surface area (Å²) in [5.74, 6) is 0.537. The zero-order valence-corrected chi connectivity index (χ0v) is 18.2. The van der Waals surface area contributed by atoms with E-state index in [0.717, 1.165) is 24.4 Å². The summed E-state index contributed by atoms with van der Waals surface area (Å²) < 4.78 is 10.7. The van der Waals surface area contributed by atoms with E-state index in [4.69, 9.17) is 9.47 Å². The fourth-order valence-electron chi connectivity index (χ4n) is 3.68. The molecular formula is C24H31N3O4. The zero-order chi connectivity index (χ0) is 22.1. The highest BCUT2D eigenvalue weighted by molar-refractivity contribution is 5.94. The molecule has 2 amide bonds. The van der Waals surface area contributed by atoms with E-state index >= 15 is 0 Å². The molecule has 7 heteroatoms. The van der Waals surface area contributed by atoms with Crippen molar-refractivity contribution in [2.45, 2.75) is 25.4 Å². The van der Waals surface area contributed by atoms with Crippen molar-refractivity contribution < 1.29 is 19.1 Å². The van der Waals surface area contributed by atoms with Crippen LogP contribution in [0.15, 0.2) is 54.6 Å². The first-order chi connectivity index (χ1) is 15.1. The molecule has 0 spiro atoms. The van der Waals surface area contributed by atoms with Crippen molar-refractivity contribution >= 4 is 11.8 Å². The molecule has 2 aromatic carbocycles. The van der Waals surface area contributed by atoms with Crippen molar-refractivity contribution in [3.8, 4) is 5.75 Å². The Balaban J connectivity index is 1.55. The molecule has 31 heavy (non-hydrogen) atoms. The molecule has 2 unspecified atom stereocenters. The lowest BCUT2D eigenvalue weighted by molar-refractivity contribution is -0.121. The van der Waals surface area contributed by atoms with Gasteiger partial charge in [-0.15, -0.1) is 0 Å². The van der Waals surface area contributed by atoms with Gasteiger partial charge in [0, 0.05) is 37.7 Å². The maximum atomic E-state index is 12.6. The van der Waals surface area contributed by atoms with E-state index < -0.39 is 0 Å². The van der Waals surface area contributed by atoms with E-state index in [1.54, 1.807) is 19.2 Å². The molecule has 2 atom stereocenters. The minimum Gasteiger partial charge on any atom is -0.497 e. The first-order valence-corrected chi connectivity index (χ1v) is 10.6. The van der Waals surface area contributed by atoms with Crippen LogP contribution >= 0.6 is 0 Å². The molecule has 1 fully saturated rings. The standard InChI is InChI=1S/C24H31N3O4/c1-18(26-24(29)20-6-4-3-5-7-20)16-23(28)25-17-22(27-12-14-31-15-13-27)19-8-10-21(30-2)11-9-19/h3-11,18,22H,12-17H2,1-2H3,(H,25,28)(H,26,29). The highest BCUT2D eigenvalue weighted by atomic mass is 16.5. The molecule has 1 aliphatic heterocycles. The Bertz CT molecular complexity index is 836. The Morgan fingerprint density at radius 3 is 2.39 bits per heavy atom. The van der Waals surface area contributed by atoms with E-state index in [1.165, 1.54) is 0 Å². The van der Waals surface area contributed by atoms with Gasteiger partial charge in [0.15, 0.2) is 0 Å². The lowest BCUT2D eigenvalue weighted by Crippen LogP contribution is -2.44. The van der Waals surface area contributed by atoms with Crippen LogP contribution in [0.1, 0.15) is 35.3 Å². The number of benzene rings is 2. The summed E-state index contributed by atoms with van der Waals surface area (Å²) in [4.78, 5) is 27.2. The molecule has 0 bridgehead atoms. The highest BCUT2D eigenvalue weighted by Crippen LogP contribution is 2.23. The van der Waals surface area contributed by atoms with Gasteiger partial charge in [-0.05, 0) is 36.8 Å². The van der Waals surface area contributed by atoms with Crippen LogP contribution in [-0.4, -0.2) is 62.7 Å². The van der Waals surface area contributed by atoms with Gasteiger partial charge >= 0.3 is 0 Å². The summed E-state index contributed by atoms with van der Waals surface area (Å²) in [6, 6.07) is 16.7. The number of nitrogens with one attached hydrogen (secondary N) is 2. The first kappa shape index (κ1) is 22.8. The van der Waals surface area contributed by atoms with Crippen LogP contribution in [0.2, 0.25) is 0 Å². The molecule has 0 saturated carbocycles. The van der Waals surface area contributed by atoms with E-state index in [0.29, 0.717) is 25.3 Å². The van der Waals surface area contributed by atoms with Gasteiger partial charge in [0.05, 0.1) is 26.4 Å². The monoisotopic (exact) mass is 425 g/mol. The molecule has 2 aromatic rings. The second-order valence-corrected chi connectivity index (χ2v) is 7.69. The number of hydrogen-bond donors (Lipinski definition) is 2. The predicted molar refractivity (Wildman–Crippen MR) is 119 cm³/mol. The maximum absolute atomic E-state index is 12.6. The number of morpholine rings is 1. The molecule has 0 aromatic heterocycles. The van der Waals surface area contributed by atoms with Crippen LogP contribution < -0.4 is 15.4 Å². The molecule has 0 radical (unpaired) electrons. The first-order valence-electron chi connectivity index (χ1n) is 10.6. The molecule has 0 aliphatic carbocycles. The van der Waals surface area contributed by atoms with Gasteiger partial charge < -0.3 is 20.1 Å². The average Bonchev–Trinajstić information content (AvgIpc) is 2.80. The summed E-state index contributed by atoms with van der Waals surface area (Å²) in [6.07, 6.45) is 0.219. The second kappa shape index (κ2) is 11.5. The second-order valence-electron chi connectivity index (χ2n) is 7.69. The van der Waals surface area contributed by atoms with E-state index in [9.17, 15) is 9.59 Å². The van der Waals surface area contributed by atoms with Crippen molar-refractivity contribution in [3.63, 3.8) is 0 Å². The van der Waals surface area contributed by atoms with Crippen molar-refractivity contribution in [1.82, 2.24) is 15.5 Å². The van der Waals surface area contributed by atoms with E-state index in [1.807, 2.05) is 49.4 Å². The number of carbonyl (C=O) groups is 2. The number of ether oxygens (including phenoxy) is 2. The van der Waals surface area contributed by atoms with Crippen molar-refractivity contribution in [2.75, 3.05) is 40.0 Å². The van der Waals surface area contributed by atoms with E-state index in [2.05, 4.69) is 15.5 Å². The number of carbonyl (C=O) groups excluding carboxylic acids is 2. The summed E-state index contributed by atoms with van der Waals surface area (Å²) in [5.41, 5.74) is 1.70. The van der Waals surface area contributed by atoms with Crippen LogP contribution in [0.25, 0.3) is 0 Å². The Morgan fingerprint density at radius 1 is 1.06 bits per heavy atom. The van der Waals surface area contributed by atoms with Gasteiger partial charge in [-0.2, -0.15) is 0 Å². The number of rotatable bonds is 9. The Labute approximate surface area is 183 Å². The fourth-order valence-corrected chi connectivity index (χ4v) is 3.68. The third kappa shape index (κ3) is 6.80. The molecule has 7 nitrogen and oxygen atoms in total. The Morgan fingerprint density at radius 2 is 1.74 bits per heavy atom. The van der Waals surface area contributed by atoms with Crippen LogP contribution in [0.4, 0.5) is 0 Å². The summed E-state index contributed by atoms with van der Waals surface area (Å²) in [6.45, 7) is 5.33. The maximum Gasteiger partial charge on any atom is 0.251 e. The largest absolute Gasteiger partial charge is 0.497 e. The number of nitrogens with zero attached hydrogens (tertiary/aromatic N) is 1. The molecule has 166 valence electrons. The lowest BCUT2D eigenvalue weighted by atomic mass is 10.0. The van der Waals surface area contributed by atoms with Crippen molar-refractivity contribution in [3.05, 3.63) is 65.7 Å². The molecule has 2 N–H and O–H groups in total. The molecular weight excluding hydrogens is 394 g/mol. The Hall–Kier alpha value is -2.90. The van der Waals surface area contributed by atoms with E-state index in [-0.39, 0.29) is 30.3 Å². The van der Waals surface area contributed by atoms with Gasteiger partial charge in [-0.25, -0.2) is 0 Å². The normalized spacial score (nSPS) is 16.2. The summed E-state index contributed by atoms with van der Waals surface area (Å²) in [7, 11) is 1.65. The minimum absolute atomic E-state index is 0.0490. The third-order valence-electron chi connectivity index (χ3n) is 5.38. The van der Waals surface area contributed by atoms with Crippen LogP contribution in [0, 0.1) is 0 Å². The van der Waals surface area contributed by atoms with Gasteiger partial charge in [0.2, 0.25) is 5.91 Å². The smallest absolute Gasteiger partial charge is 0.251 e. The zero-order valence-electron chi connectivity index (χ0n) is 18.2. The number of amides is 2. The van der Waals surface area contributed by atoms with Gasteiger partial charge in [0.25, 0.3) is 5.91 Å². The van der Waals surface area contributed by atoms with Gasteiger partial charge in [-0.3, -0.25) is 14.5 Å².